The number of piperazine rings is 2. The van der Waals surface area contributed by atoms with E-state index in [0.29, 0.717) is 13.2 Å². The van der Waals surface area contributed by atoms with Gasteiger partial charge in [-0.25, -0.2) is 0 Å². The maximum Gasteiger partial charge on any atom is 0.0558 e. The van der Waals surface area contributed by atoms with Gasteiger partial charge in [0.1, 0.15) is 0 Å². The van der Waals surface area contributed by atoms with Crippen LogP contribution in [0.3, 0.4) is 0 Å². The zero-order chi connectivity index (χ0) is 13.1. The Morgan fingerprint density at radius 3 is 1.28 bits per heavy atom. The first-order valence-electron chi connectivity index (χ1n) is 6.94. The maximum absolute atomic E-state index is 8.56. The summed E-state index contributed by atoms with van der Waals surface area (Å²) in [6.07, 6.45) is 0. The van der Waals surface area contributed by atoms with Crippen molar-refractivity contribution in [2.75, 3.05) is 78.7 Å². The van der Waals surface area contributed by atoms with Crippen molar-refractivity contribution >= 4 is 0 Å². The second kappa shape index (κ2) is 10.7. The molecule has 6 heteroatoms. The van der Waals surface area contributed by atoms with E-state index in [-0.39, 0.29) is 0 Å². The summed E-state index contributed by atoms with van der Waals surface area (Å²) < 4.78 is 0. The van der Waals surface area contributed by atoms with Crippen LogP contribution >= 0.6 is 0 Å². The number of aliphatic hydroxyl groups excluding tert-OH is 2. The number of nitrogens with one attached hydrogen (secondary N) is 2. The summed E-state index contributed by atoms with van der Waals surface area (Å²) in [6.45, 7) is 10.9. The molecule has 108 valence electrons. The summed E-state index contributed by atoms with van der Waals surface area (Å²) in [7, 11) is 0. The van der Waals surface area contributed by atoms with Gasteiger partial charge in [0.15, 0.2) is 0 Å². The second-order valence-electron chi connectivity index (χ2n) is 4.63. The lowest BCUT2D eigenvalue weighted by atomic mass is 10.4. The van der Waals surface area contributed by atoms with Crippen LogP contribution in [0.1, 0.15) is 0 Å². The van der Waals surface area contributed by atoms with Gasteiger partial charge in [-0.3, -0.25) is 9.80 Å². The van der Waals surface area contributed by atoms with Crippen LogP contribution < -0.4 is 10.6 Å². The molecule has 0 aromatic carbocycles. The van der Waals surface area contributed by atoms with Gasteiger partial charge in [0.05, 0.1) is 13.2 Å². The number of hydrogen-bond acceptors (Lipinski definition) is 6. The number of hydrogen-bond donors (Lipinski definition) is 4. The minimum Gasteiger partial charge on any atom is -0.395 e. The van der Waals surface area contributed by atoms with E-state index in [4.69, 9.17) is 10.2 Å². The van der Waals surface area contributed by atoms with E-state index in [2.05, 4.69) is 20.4 Å². The molecule has 0 radical (unpaired) electrons. The molecule has 0 aliphatic carbocycles. The van der Waals surface area contributed by atoms with Crippen LogP contribution in [-0.2, 0) is 0 Å². The predicted octanol–water partition coefficient (Wildman–Crippen LogP) is -2.23. The van der Waals surface area contributed by atoms with Crippen LogP contribution in [0.25, 0.3) is 0 Å². The molecule has 0 aromatic heterocycles. The SMILES string of the molecule is OCCN1CCNCC1.OCCN1CCNCC1. The zero-order valence-electron chi connectivity index (χ0n) is 11.3. The normalized spacial score (nSPS) is 22.3. The third-order valence-corrected chi connectivity index (χ3v) is 3.25. The van der Waals surface area contributed by atoms with Gasteiger partial charge in [0, 0.05) is 65.4 Å². The Morgan fingerprint density at radius 1 is 0.667 bits per heavy atom. The zero-order valence-corrected chi connectivity index (χ0v) is 11.3. The first-order valence-corrected chi connectivity index (χ1v) is 6.94. The molecular formula is C12H28N4O2. The van der Waals surface area contributed by atoms with Gasteiger partial charge < -0.3 is 20.8 Å². The minimum atomic E-state index is 0.292. The maximum atomic E-state index is 8.56. The van der Waals surface area contributed by atoms with Gasteiger partial charge in [0.25, 0.3) is 0 Å². The summed E-state index contributed by atoms with van der Waals surface area (Å²) >= 11 is 0. The minimum absolute atomic E-state index is 0.292. The molecule has 0 atom stereocenters. The highest BCUT2D eigenvalue weighted by molar-refractivity contribution is 4.66. The number of nitrogens with zero attached hydrogens (tertiary/aromatic N) is 2. The topological polar surface area (TPSA) is 71.0 Å². The van der Waals surface area contributed by atoms with Crippen LogP contribution in [0, 0.1) is 0 Å². The van der Waals surface area contributed by atoms with Crippen molar-refractivity contribution in [3.8, 4) is 0 Å². The lowest BCUT2D eigenvalue weighted by Crippen LogP contribution is -2.44. The molecule has 2 aliphatic heterocycles. The Balaban J connectivity index is 0.000000180. The highest BCUT2D eigenvalue weighted by Crippen LogP contribution is 1.89. The van der Waals surface area contributed by atoms with Gasteiger partial charge in [0.2, 0.25) is 0 Å². The predicted molar refractivity (Wildman–Crippen MR) is 72.8 cm³/mol. The third-order valence-electron chi connectivity index (χ3n) is 3.25. The van der Waals surface area contributed by atoms with Crippen molar-refractivity contribution in [3.05, 3.63) is 0 Å². The van der Waals surface area contributed by atoms with Crippen LogP contribution in [-0.4, -0.2) is 98.7 Å². The number of β-amino-alcohol motifs (C(OH)–C–C–N with tert-alkyl or cyclic N) is 2. The van der Waals surface area contributed by atoms with E-state index in [1.165, 1.54) is 0 Å². The smallest absolute Gasteiger partial charge is 0.0558 e. The number of rotatable bonds is 4. The fraction of sp³-hybridized carbons (Fsp3) is 1.00. The van der Waals surface area contributed by atoms with Crippen molar-refractivity contribution in [3.63, 3.8) is 0 Å². The summed E-state index contributed by atoms with van der Waals surface area (Å²) in [4.78, 5) is 4.52. The molecule has 0 aromatic rings. The average molecular weight is 260 g/mol. The Morgan fingerprint density at radius 2 is 1.00 bits per heavy atom. The van der Waals surface area contributed by atoms with Crippen molar-refractivity contribution in [2.24, 2.45) is 0 Å². The highest BCUT2D eigenvalue weighted by atomic mass is 16.3. The molecule has 2 saturated heterocycles. The van der Waals surface area contributed by atoms with Crippen molar-refractivity contribution in [1.29, 1.82) is 0 Å². The monoisotopic (exact) mass is 260 g/mol. The van der Waals surface area contributed by atoms with E-state index in [1.54, 1.807) is 0 Å². The van der Waals surface area contributed by atoms with Gasteiger partial charge in [-0.05, 0) is 0 Å². The Hall–Kier alpha value is -0.240. The lowest BCUT2D eigenvalue weighted by molar-refractivity contribution is 0.180. The van der Waals surface area contributed by atoms with Gasteiger partial charge in [-0.15, -0.1) is 0 Å². The van der Waals surface area contributed by atoms with Gasteiger partial charge in [-0.2, -0.15) is 0 Å². The molecule has 4 N–H and O–H groups in total. The fourth-order valence-corrected chi connectivity index (χ4v) is 2.15. The van der Waals surface area contributed by atoms with Crippen LogP contribution in [0.4, 0.5) is 0 Å². The fourth-order valence-electron chi connectivity index (χ4n) is 2.15. The molecule has 0 bridgehead atoms. The average Bonchev–Trinajstić information content (AvgIpc) is 2.43. The third kappa shape index (κ3) is 7.25. The quantitative estimate of drug-likeness (QED) is 0.459. The molecule has 0 unspecified atom stereocenters. The summed E-state index contributed by atoms with van der Waals surface area (Å²) in [6, 6.07) is 0. The first kappa shape index (κ1) is 15.8. The molecule has 2 rings (SSSR count). The number of aliphatic hydroxyl groups is 2. The van der Waals surface area contributed by atoms with Crippen molar-refractivity contribution in [2.45, 2.75) is 0 Å². The second-order valence-corrected chi connectivity index (χ2v) is 4.63. The van der Waals surface area contributed by atoms with E-state index < -0.39 is 0 Å². The highest BCUT2D eigenvalue weighted by Gasteiger charge is 2.07. The molecule has 0 amide bonds. The summed E-state index contributed by atoms with van der Waals surface area (Å²) in [5.74, 6) is 0. The molecular weight excluding hydrogens is 232 g/mol. The molecule has 0 saturated carbocycles. The molecule has 2 fully saturated rings. The van der Waals surface area contributed by atoms with Crippen molar-refractivity contribution < 1.29 is 10.2 Å². The Labute approximate surface area is 110 Å². The van der Waals surface area contributed by atoms with Crippen LogP contribution in [0.2, 0.25) is 0 Å². The molecule has 6 nitrogen and oxygen atoms in total. The van der Waals surface area contributed by atoms with E-state index in [9.17, 15) is 0 Å². The molecule has 0 spiro atoms. The van der Waals surface area contributed by atoms with Crippen molar-refractivity contribution in [1.82, 2.24) is 20.4 Å². The molecule has 2 aliphatic rings. The largest absolute Gasteiger partial charge is 0.395 e. The van der Waals surface area contributed by atoms with Crippen LogP contribution in [0.5, 0.6) is 0 Å². The molecule has 2 heterocycles. The van der Waals surface area contributed by atoms with E-state index in [1.807, 2.05) is 0 Å². The van der Waals surface area contributed by atoms with Gasteiger partial charge in [-0.1, -0.05) is 0 Å². The standard InChI is InChI=1S/2C6H14N2O/c2*9-6-5-8-3-1-7-2-4-8/h2*7,9H,1-6H2. The lowest BCUT2D eigenvalue weighted by Gasteiger charge is -2.25. The van der Waals surface area contributed by atoms with Crippen LogP contribution in [0.15, 0.2) is 0 Å². The Bertz CT molecular complexity index is 157. The Kier molecular flexibility index (Phi) is 9.37. The first-order chi connectivity index (χ1) is 8.86. The molecule has 18 heavy (non-hydrogen) atoms. The van der Waals surface area contributed by atoms with Gasteiger partial charge >= 0.3 is 0 Å². The van der Waals surface area contributed by atoms with E-state index in [0.717, 1.165) is 65.4 Å². The van der Waals surface area contributed by atoms with E-state index >= 15 is 0 Å². The summed E-state index contributed by atoms with van der Waals surface area (Å²) in [5.41, 5.74) is 0. The summed E-state index contributed by atoms with van der Waals surface area (Å²) in [5, 5.41) is 23.6.